The Morgan fingerprint density at radius 3 is 2.54 bits per heavy atom. The molecule has 136 valence electrons. The molecule has 0 fully saturated rings. The van der Waals surface area contributed by atoms with E-state index in [2.05, 4.69) is 5.32 Å². The smallest absolute Gasteiger partial charge is 0.328 e. The number of primary amides is 1. The molecule has 0 aliphatic carbocycles. The highest BCUT2D eigenvalue weighted by molar-refractivity contribution is 6.43. The molecule has 2 aromatic rings. The van der Waals surface area contributed by atoms with Crippen LogP contribution < -0.4 is 11.1 Å². The van der Waals surface area contributed by atoms with Gasteiger partial charge in [-0.3, -0.25) is 9.59 Å². The fraction of sp³-hybridized carbons (Fsp3) is 0.167. The molecule has 8 heteroatoms. The normalized spacial score (nSPS) is 11.5. The summed E-state index contributed by atoms with van der Waals surface area (Å²) in [5.41, 5.74) is 6.28. The second-order valence-corrected chi connectivity index (χ2v) is 6.25. The van der Waals surface area contributed by atoms with E-state index in [-0.39, 0.29) is 22.2 Å². The van der Waals surface area contributed by atoms with Gasteiger partial charge in [0.25, 0.3) is 5.91 Å². The van der Waals surface area contributed by atoms with E-state index in [1.165, 1.54) is 19.1 Å². The maximum absolute atomic E-state index is 12.2. The molecular formula is C18H16Cl2N2O4. The molecule has 0 radical (unpaired) electrons. The van der Waals surface area contributed by atoms with Crippen molar-refractivity contribution in [1.82, 2.24) is 5.32 Å². The molecule has 1 atom stereocenters. The molecule has 0 aliphatic heterocycles. The van der Waals surface area contributed by atoms with Gasteiger partial charge in [-0.1, -0.05) is 41.4 Å². The zero-order valence-electron chi connectivity index (χ0n) is 13.8. The van der Waals surface area contributed by atoms with Crippen LogP contribution in [-0.4, -0.2) is 23.8 Å². The number of ether oxygens (including phenoxy) is 1. The summed E-state index contributed by atoms with van der Waals surface area (Å²) in [5, 5.41) is 2.85. The summed E-state index contributed by atoms with van der Waals surface area (Å²) < 4.78 is 5.15. The molecule has 2 rings (SSSR count). The van der Waals surface area contributed by atoms with Crippen LogP contribution in [0.15, 0.2) is 42.5 Å². The molecule has 26 heavy (non-hydrogen) atoms. The largest absolute Gasteiger partial charge is 0.459 e. The monoisotopic (exact) mass is 394 g/mol. The number of benzene rings is 2. The minimum atomic E-state index is -0.906. The molecule has 6 nitrogen and oxygen atoms in total. The molecule has 0 saturated carbocycles. The quantitative estimate of drug-likeness (QED) is 0.735. The third-order valence-electron chi connectivity index (χ3n) is 3.49. The van der Waals surface area contributed by atoms with Gasteiger partial charge in [0.1, 0.15) is 12.6 Å². The fourth-order valence-electron chi connectivity index (χ4n) is 2.11. The molecular weight excluding hydrogens is 379 g/mol. The zero-order valence-corrected chi connectivity index (χ0v) is 15.3. The zero-order chi connectivity index (χ0) is 19.3. The highest BCUT2D eigenvalue weighted by atomic mass is 35.5. The Balaban J connectivity index is 1.95. The maximum Gasteiger partial charge on any atom is 0.328 e. The molecule has 2 amide bonds. The second-order valence-electron chi connectivity index (χ2n) is 5.47. The summed E-state index contributed by atoms with van der Waals surface area (Å²) in [6.45, 7) is 1.43. The first kappa shape index (κ1) is 19.8. The van der Waals surface area contributed by atoms with Crippen LogP contribution in [0.5, 0.6) is 0 Å². The summed E-state index contributed by atoms with van der Waals surface area (Å²) in [6.07, 6.45) is 0. The molecule has 0 bridgehead atoms. The minimum absolute atomic E-state index is 0.0575. The minimum Gasteiger partial charge on any atom is -0.459 e. The van der Waals surface area contributed by atoms with Crippen LogP contribution in [0.25, 0.3) is 0 Å². The lowest BCUT2D eigenvalue weighted by Gasteiger charge is -2.14. The van der Waals surface area contributed by atoms with E-state index in [9.17, 15) is 14.4 Å². The van der Waals surface area contributed by atoms with Crippen molar-refractivity contribution in [1.29, 1.82) is 0 Å². The number of hydrogen-bond donors (Lipinski definition) is 2. The summed E-state index contributed by atoms with van der Waals surface area (Å²) in [4.78, 5) is 35.4. The van der Waals surface area contributed by atoms with Crippen molar-refractivity contribution < 1.29 is 19.1 Å². The number of halogens is 2. The number of carbonyl (C=O) groups excluding carboxylic acids is 3. The van der Waals surface area contributed by atoms with Gasteiger partial charge < -0.3 is 15.8 Å². The molecule has 0 aromatic heterocycles. The second kappa shape index (κ2) is 8.69. The van der Waals surface area contributed by atoms with Gasteiger partial charge in [0.15, 0.2) is 0 Å². The molecule has 0 saturated heterocycles. The summed E-state index contributed by atoms with van der Waals surface area (Å²) >= 11 is 11.9. The summed E-state index contributed by atoms with van der Waals surface area (Å²) in [5.74, 6) is -1.75. The number of nitrogens with one attached hydrogen (secondary N) is 1. The number of rotatable bonds is 6. The average Bonchev–Trinajstić information content (AvgIpc) is 2.62. The van der Waals surface area contributed by atoms with E-state index in [0.717, 1.165) is 0 Å². The van der Waals surface area contributed by atoms with Crippen LogP contribution in [0, 0.1) is 0 Å². The van der Waals surface area contributed by atoms with E-state index in [4.69, 9.17) is 33.7 Å². The standard InChI is InChI=1S/C18H16Cl2N2O4/c1-10(22-17(24)13-6-3-7-14(19)15(13)20)18(25)26-9-11-4-2-5-12(8-11)16(21)23/h2-8,10H,9H2,1H3,(H2,21,23)(H,22,24)/t10-/m1/s1. The summed E-state index contributed by atoms with van der Waals surface area (Å²) in [7, 11) is 0. The van der Waals surface area contributed by atoms with Crippen molar-refractivity contribution in [3.8, 4) is 0 Å². The molecule has 0 unspecified atom stereocenters. The number of esters is 1. The van der Waals surface area contributed by atoms with Crippen LogP contribution in [0.1, 0.15) is 33.2 Å². The Labute approximate surface area is 160 Å². The maximum atomic E-state index is 12.2. The van der Waals surface area contributed by atoms with Crippen molar-refractivity contribution in [2.75, 3.05) is 0 Å². The number of nitrogens with two attached hydrogens (primary N) is 1. The van der Waals surface area contributed by atoms with Crippen molar-refractivity contribution in [2.45, 2.75) is 19.6 Å². The Morgan fingerprint density at radius 1 is 1.15 bits per heavy atom. The lowest BCUT2D eigenvalue weighted by atomic mass is 10.1. The van der Waals surface area contributed by atoms with Crippen LogP contribution in [0.3, 0.4) is 0 Å². The Morgan fingerprint density at radius 2 is 1.85 bits per heavy atom. The van der Waals surface area contributed by atoms with Gasteiger partial charge in [0.05, 0.1) is 15.6 Å². The third kappa shape index (κ3) is 4.97. The number of amides is 2. The predicted octanol–water partition coefficient (Wildman–Crippen LogP) is 2.95. The summed E-state index contributed by atoms with van der Waals surface area (Å²) in [6, 6.07) is 10.1. The molecule has 0 heterocycles. The Bertz CT molecular complexity index is 855. The first-order valence-electron chi connectivity index (χ1n) is 7.60. The first-order valence-corrected chi connectivity index (χ1v) is 8.35. The SMILES string of the molecule is C[C@@H](NC(=O)c1cccc(Cl)c1Cl)C(=O)OCc1cccc(C(N)=O)c1. The molecule has 2 aromatic carbocycles. The van der Waals surface area contributed by atoms with E-state index in [0.29, 0.717) is 11.1 Å². The molecule has 0 spiro atoms. The van der Waals surface area contributed by atoms with E-state index < -0.39 is 23.8 Å². The van der Waals surface area contributed by atoms with Crippen LogP contribution >= 0.6 is 23.2 Å². The lowest BCUT2D eigenvalue weighted by molar-refractivity contribution is -0.146. The van der Waals surface area contributed by atoms with Gasteiger partial charge in [-0.2, -0.15) is 0 Å². The topological polar surface area (TPSA) is 98.5 Å². The first-order chi connectivity index (χ1) is 12.3. The Hall–Kier alpha value is -2.57. The van der Waals surface area contributed by atoms with Crippen LogP contribution in [-0.2, 0) is 16.1 Å². The van der Waals surface area contributed by atoms with E-state index in [1.807, 2.05) is 0 Å². The highest BCUT2D eigenvalue weighted by Gasteiger charge is 2.20. The lowest BCUT2D eigenvalue weighted by Crippen LogP contribution is -2.39. The number of hydrogen-bond acceptors (Lipinski definition) is 4. The molecule has 3 N–H and O–H groups in total. The van der Waals surface area contributed by atoms with Crippen molar-refractivity contribution in [3.05, 3.63) is 69.2 Å². The molecule has 0 aliphatic rings. The average molecular weight is 395 g/mol. The van der Waals surface area contributed by atoms with E-state index >= 15 is 0 Å². The van der Waals surface area contributed by atoms with Gasteiger partial charge in [-0.15, -0.1) is 0 Å². The van der Waals surface area contributed by atoms with E-state index in [1.54, 1.807) is 30.3 Å². The van der Waals surface area contributed by atoms with Gasteiger partial charge >= 0.3 is 5.97 Å². The predicted molar refractivity (Wildman–Crippen MR) is 98.1 cm³/mol. The van der Waals surface area contributed by atoms with Gasteiger partial charge in [0, 0.05) is 5.56 Å². The van der Waals surface area contributed by atoms with Gasteiger partial charge in [-0.25, -0.2) is 4.79 Å². The highest BCUT2D eigenvalue weighted by Crippen LogP contribution is 2.25. The van der Waals surface area contributed by atoms with Crippen molar-refractivity contribution in [2.24, 2.45) is 5.73 Å². The van der Waals surface area contributed by atoms with Crippen LogP contribution in [0.4, 0.5) is 0 Å². The van der Waals surface area contributed by atoms with Gasteiger partial charge in [-0.05, 0) is 36.8 Å². The fourth-order valence-corrected chi connectivity index (χ4v) is 2.49. The van der Waals surface area contributed by atoms with Crippen molar-refractivity contribution in [3.63, 3.8) is 0 Å². The van der Waals surface area contributed by atoms with Crippen LogP contribution in [0.2, 0.25) is 10.0 Å². The number of carbonyl (C=O) groups is 3. The third-order valence-corrected chi connectivity index (χ3v) is 4.31. The van der Waals surface area contributed by atoms with Gasteiger partial charge in [0.2, 0.25) is 5.91 Å². The Kier molecular flexibility index (Phi) is 6.60. The van der Waals surface area contributed by atoms with Crippen molar-refractivity contribution >= 4 is 41.0 Å².